The van der Waals surface area contributed by atoms with E-state index < -0.39 is 6.10 Å². The van der Waals surface area contributed by atoms with Gasteiger partial charge in [-0.3, -0.25) is 14.8 Å². The number of pyridine rings is 1. The second-order valence-corrected chi connectivity index (χ2v) is 7.77. The highest BCUT2D eigenvalue weighted by atomic mass is 16.3. The molecule has 0 spiro atoms. The number of benzene rings is 1. The standard InChI is InChI=1S/C22H22N4O3/c1-25-12-16(26-20(22(25)29)21(28)17(27)11-24-26)18-15-7-3-2-5-13(15)8-9-14-6-4-10-23-19(14)18/h2-7,10-11,16-18,27-28H,8-9,12H2,1H3/t16-,17?,18?/m0/s1. The molecule has 29 heavy (non-hydrogen) atoms. The highest BCUT2D eigenvalue weighted by Gasteiger charge is 2.45. The molecule has 3 atom stereocenters. The molecule has 1 amide bonds. The number of aryl methyl sites for hydroxylation is 2. The van der Waals surface area contributed by atoms with Gasteiger partial charge in [0.2, 0.25) is 0 Å². The van der Waals surface area contributed by atoms with E-state index in [1.54, 1.807) is 23.2 Å². The van der Waals surface area contributed by atoms with Crippen molar-refractivity contribution < 1.29 is 15.0 Å². The molecule has 1 aromatic heterocycles. The molecule has 0 bridgehead atoms. The van der Waals surface area contributed by atoms with E-state index in [0.29, 0.717) is 6.54 Å². The molecule has 2 N–H and O–H groups in total. The number of aliphatic hydroxyl groups is 2. The molecule has 2 aromatic rings. The van der Waals surface area contributed by atoms with Gasteiger partial charge in [0.25, 0.3) is 5.91 Å². The van der Waals surface area contributed by atoms with Gasteiger partial charge < -0.3 is 15.1 Å². The number of carbonyl (C=O) groups excluding carboxylic acids is 1. The largest absolute Gasteiger partial charge is 0.507 e. The van der Waals surface area contributed by atoms with Crippen LogP contribution in [0.5, 0.6) is 0 Å². The SMILES string of the molecule is CN1C[C@@H](C2c3ccccc3CCc3cccnc32)N2N=CC(O)C(O)=C2C1=O. The van der Waals surface area contributed by atoms with Gasteiger partial charge in [-0.1, -0.05) is 30.3 Å². The molecule has 7 nitrogen and oxygen atoms in total. The van der Waals surface area contributed by atoms with Crippen LogP contribution in [0.2, 0.25) is 0 Å². The van der Waals surface area contributed by atoms with Crippen LogP contribution in [0.1, 0.15) is 28.3 Å². The Hall–Kier alpha value is -3.19. The van der Waals surface area contributed by atoms with Gasteiger partial charge >= 0.3 is 0 Å². The van der Waals surface area contributed by atoms with Crippen LogP contribution in [0.4, 0.5) is 0 Å². The quantitative estimate of drug-likeness (QED) is 0.772. The van der Waals surface area contributed by atoms with Crippen molar-refractivity contribution in [1.82, 2.24) is 14.9 Å². The Morgan fingerprint density at radius 1 is 1.10 bits per heavy atom. The molecular weight excluding hydrogens is 368 g/mol. The van der Waals surface area contributed by atoms with E-state index in [0.717, 1.165) is 24.1 Å². The van der Waals surface area contributed by atoms with Gasteiger partial charge in [0, 0.05) is 19.8 Å². The summed E-state index contributed by atoms with van der Waals surface area (Å²) in [6.07, 6.45) is 3.61. The predicted molar refractivity (Wildman–Crippen MR) is 107 cm³/mol. The van der Waals surface area contributed by atoms with Crippen LogP contribution in [0.15, 0.2) is 59.2 Å². The summed E-state index contributed by atoms with van der Waals surface area (Å²) in [5.41, 5.74) is 4.62. The zero-order valence-corrected chi connectivity index (χ0v) is 16.1. The molecule has 1 fully saturated rings. The van der Waals surface area contributed by atoms with E-state index in [2.05, 4.69) is 23.3 Å². The van der Waals surface area contributed by atoms with Crippen LogP contribution >= 0.6 is 0 Å². The Balaban J connectivity index is 1.71. The van der Waals surface area contributed by atoms with Crippen molar-refractivity contribution in [1.29, 1.82) is 0 Å². The summed E-state index contributed by atoms with van der Waals surface area (Å²) in [5.74, 6) is -0.835. The number of amides is 1. The topological polar surface area (TPSA) is 89.3 Å². The third-order valence-corrected chi connectivity index (χ3v) is 6.07. The average Bonchev–Trinajstić information content (AvgIpc) is 2.90. The van der Waals surface area contributed by atoms with Crippen LogP contribution in [0.25, 0.3) is 0 Å². The molecule has 1 aromatic carbocycles. The fourth-order valence-corrected chi connectivity index (χ4v) is 4.66. The van der Waals surface area contributed by atoms with Crippen molar-refractivity contribution >= 4 is 12.1 Å². The number of hydrogen-bond acceptors (Lipinski definition) is 6. The Kier molecular flexibility index (Phi) is 4.13. The van der Waals surface area contributed by atoms with Gasteiger partial charge in [0.15, 0.2) is 11.5 Å². The summed E-state index contributed by atoms with van der Waals surface area (Å²) in [6.45, 7) is 0.429. The predicted octanol–water partition coefficient (Wildman–Crippen LogP) is 1.58. The Morgan fingerprint density at radius 2 is 1.86 bits per heavy atom. The number of piperazine rings is 1. The molecule has 2 aliphatic heterocycles. The van der Waals surface area contributed by atoms with E-state index in [1.807, 2.05) is 18.2 Å². The van der Waals surface area contributed by atoms with Crippen LogP contribution in [-0.2, 0) is 17.6 Å². The second kappa shape index (κ2) is 6.70. The van der Waals surface area contributed by atoms with E-state index in [1.165, 1.54) is 17.3 Å². The first-order valence-electron chi connectivity index (χ1n) is 9.78. The maximum absolute atomic E-state index is 12.8. The number of likely N-dealkylation sites (N-methyl/N-ethyl adjacent to an activating group) is 1. The summed E-state index contributed by atoms with van der Waals surface area (Å²) >= 11 is 0. The number of nitrogens with zero attached hydrogens (tertiary/aromatic N) is 4. The first kappa shape index (κ1) is 17.9. The molecule has 3 aliphatic rings. The number of aromatic nitrogens is 1. The van der Waals surface area contributed by atoms with Gasteiger partial charge in [-0.05, 0) is 35.6 Å². The summed E-state index contributed by atoms with van der Waals surface area (Å²) in [6, 6.07) is 12.1. The molecule has 7 heteroatoms. The van der Waals surface area contributed by atoms with Gasteiger partial charge in [0.05, 0.1) is 23.9 Å². The van der Waals surface area contributed by atoms with Gasteiger partial charge in [-0.15, -0.1) is 0 Å². The lowest BCUT2D eigenvalue weighted by molar-refractivity contribution is -0.132. The normalized spacial score (nSPS) is 26.0. The minimum atomic E-state index is -1.27. The monoisotopic (exact) mass is 390 g/mol. The molecule has 0 radical (unpaired) electrons. The number of hydrogen-bond donors (Lipinski definition) is 2. The maximum Gasteiger partial charge on any atom is 0.275 e. The Bertz CT molecular complexity index is 1000. The van der Waals surface area contributed by atoms with Gasteiger partial charge in [-0.2, -0.15) is 5.10 Å². The van der Waals surface area contributed by atoms with Gasteiger partial charge in [-0.25, -0.2) is 0 Å². The zero-order valence-electron chi connectivity index (χ0n) is 16.1. The summed E-state index contributed by atoms with van der Waals surface area (Å²) < 4.78 is 0. The molecule has 2 unspecified atom stereocenters. The average molecular weight is 390 g/mol. The number of fused-ring (bicyclic) bond motifs is 3. The lowest BCUT2D eigenvalue weighted by Gasteiger charge is -2.44. The molecule has 148 valence electrons. The van der Waals surface area contributed by atoms with Crippen molar-refractivity contribution in [3.8, 4) is 0 Å². The smallest absolute Gasteiger partial charge is 0.275 e. The first-order chi connectivity index (χ1) is 14.1. The molecule has 1 aliphatic carbocycles. The number of aliphatic hydroxyl groups excluding tert-OH is 2. The second-order valence-electron chi connectivity index (χ2n) is 7.77. The summed E-state index contributed by atoms with van der Waals surface area (Å²) in [4.78, 5) is 19.1. The lowest BCUT2D eigenvalue weighted by atomic mass is 9.83. The van der Waals surface area contributed by atoms with Crippen molar-refractivity contribution in [3.05, 3.63) is 76.4 Å². The van der Waals surface area contributed by atoms with Crippen LogP contribution in [-0.4, -0.2) is 63.0 Å². The molecule has 5 rings (SSSR count). The highest BCUT2D eigenvalue weighted by molar-refractivity contribution is 5.96. The van der Waals surface area contributed by atoms with Crippen LogP contribution < -0.4 is 0 Å². The van der Waals surface area contributed by atoms with E-state index in [4.69, 9.17) is 4.98 Å². The fraction of sp³-hybridized carbons (Fsp3) is 0.318. The van der Waals surface area contributed by atoms with E-state index >= 15 is 0 Å². The highest BCUT2D eigenvalue weighted by Crippen LogP contribution is 2.41. The lowest BCUT2D eigenvalue weighted by Crippen LogP contribution is -2.56. The van der Waals surface area contributed by atoms with E-state index in [9.17, 15) is 15.0 Å². The first-order valence-corrected chi connectivity index (χ1v) is 9.78. The van der Waals surface area contributed by atoms with Crippen LogP contribution in [0, 0.1) is 0 Å². The fourth-order valence-electron chi connectivity index (χ4n) is 4.66. The molecule has 1 saturated heterocycles. The molecule has 3 heterocycles. The summed E-state index contributed by atoms with van der Waals surface area (Å²) in [5, 5.41) is 26.4. The molecular formula is C22H22N4O3. The van der Waals surface area contributed by atoms with Gasteiger partial charge in [0.1, 0.15) is 6.10 Å². The Morgan fingerprint density at radius 3 is 2.72 bits per heavy atom. The van der Waals surface area contributed by atoms with Crippen molar-refractivity contribution in [2.75, 3.05) is 13.6 Å². The van der Waals surface area contributed by atoms with Crippen molar-refractivity contribution in [2.45, 2.75) is 30.9 Å². The van der Waals surface area contributed by atoms with Crippen molar-refractivity contribution in [3.63, 3.8) is 0 Å². The summed E-state index contributed by atoms with van der Waals surface area (Å²) in [7, 11) is 1.71. The van der Waals surface area contributed by atoms with Crippen LogP contribution in [0.3, 0.4) is 0 Å². The third kappa shape index (κ3) is 2.73. The molecule has 0 saturated carbocycles. The number of hydrazone groups is 1. The maximum atomic E-state index is 12.8. The zero-order chi connectivity index (χ0) is 20.1. The Labute approximate surface area is 168 Å². The van der Waals surface area contributed by atoms with E-state index in [-0.39, 0.29) is 29.3 Å². The third-order valence-electron chi connectivity index (χ3n) is 6.07. The number of carbonyl (C=O) groups is 1. The van der Waals surface area contributed by atoms with Crippen molar-refractivity contribution in [2.24, 2.45) is 5.10 Å². The number of rotatable bonds is 1. The minimum absolute atomic E-state index is 0.0398. The minimum Gasteiger partial charge on any atom is -0.507 e.